The fourth-order valence-electron chi connectivity index (χ4n) is 3.64. The molecular weight excluding hydrogens is 411 g/mol. The van der Waals surface area contributed by atoms with Crippen molar-refractivity contribution in [1.82, 2.24) is 20.5 Å². The first-order valence-electron chi connectivity index (χ1n) is 10.0. The van der Waals surface area contributed by atoms with Gasteiger partial charge in [-0.15, -0.1) is 11.3 Å². The molecule has 1 aromatic carbocycles. The van der Waals surface area contributed by atoms with E-state index in [0.717, 1.165) is 66.8 Å². The summed E-state index contributed by atoms with van der Waals surface area (Å²) in [6.45, 7) is 7.21. The summed E-state index contributed by atoms with van der Waals surface area (Å²) in [5.74, 6) is 0.773. The molecule has 2 aromatic rings. The molecule has 1 aromatic heterocycles. The van der Waals surface area contributed by atoms with Gasteiger partial charge in [-0.2, -0.15) is 13.2 Å². The van der Waals surface area contributed by atoms with E-state index in [4.69, 9.17) is 0 Å². The van der Waals surface area contributed by atoms with Gasteiger partial charge < -0.3 is 10.6 Å². The summed E-state index contributed by atoms with van der Waals surface area (Å²) in [5.41, 5.74) is 1.38. The van der Waals surface area contributed by atoms with Gasteiger partial charge in [0.05, 0.1) is 16.3 Å². The highest BCUT2D eigenvalue weighted by molar-refractivity contribution is 7.11. The largest absolute Gasteiger partial charge is 0.416 e. The number of guanidine groups is 1. The molecule has 0 radical (unpaired) electrons. The van der Waals surface area contributed by atoms with Gasteiger partial charge in [-0.1, -0.05) is 12.1 Å². The first-order chi connectivity index (χ1) is 14.2. The Labute approximate surface area is 179 Å². The fraction of sp³-hybridized carbons (Fsp3) is 0.524. The summed E-state index contributed by atoms with van der Waals surface area (Å²) in [4.78, 5) is 12.3. The molecule has 0 spiro atoms. The van der Waals surface area contributed by atoms with Crippen LogP contribution in [-0.4, -0.2) is 48.6 Å². The SMILES string of the molecule is CN=C(NCCc1sc(C)nc1C)NC1CCN(Cc2ccc(C(F)(F)F)cc2)C1. The number of halogens is 3. The lowest BCUT2D eigenvalue weighted by molar-refractivity contribution is -0.137. The highest BCUT2D eigenvalue weighted by Crippen LogP contribution is 2.29. The molecule has 1 unspecified atom stereocenters. The van der Waals surface area contributed by atoms with Crippen molar-refractivity contribution in [2.24, 2.45) is 4.99 Å². The third kappa shape index (κ3) is 6.18. The average Bonchev–Trinajstić information content (AvgIpc) is 3.26. The van der Waals surface area contributed by atoms with Crippen molar-refractivity contribution in [1.29, 1.82) is 0 Å². The van der Waals surface area contributed by atoms with Gasteiger partial charge in [0.25, 0.3) is 0 Å². The second-order valence-electron chi connectivity index (χ2n) is 7.55. The van der Waals surface area contributed by atoms with Crippen LogP contribution in [-0.2, 0) is 19.1 Å². The van der Waals surface area contributed by atoms with E-state index in [-0.39, 0.29) is 6.04 Å². The molecule has 2 heterocycles. The van der Waals surface area contributed by atoms with E-state index in [0.29, 0.717) is 6.54 Å². The zero-order chi connectivity index (χ0) is 21.7. The number of benzene rings is 1. The number of likely N-dealkylation sites (tertiary alicyclic amines) is 1. The van der Waals surface area contributed by atoms with Crippen molar-refractivity contribution >= 4 is 17.3 Å². The Morgan fingerprint density at radius 1 is 1.27 bits per heavy atom. The average molecular weight is 440 g/mol. The number of aliphatic imine (C=N–C) groups is 1. The van der Waals surface area contributed by atoms with Crippen LogP contribution in [0, 0.1) is 13.8 Å². The van der Waals surface area contributed by atoms with E-state index in [1.807, 2.05) is 13.8 Å². The minimum atomic E-state index is -4.29. The molecule has 0 amide bonds. The molecule has 1 atom stereocenters. The number of hydrogen-bond donors (Lipinski definition) is 2. The third-order valence-electron chi connectivity index (χ3n) is 5.17. The van der Waals surface area contributed by atoms with Crippen molar-refractivity contribution in [3.8, 4) is 0 Å². The van der Waals surface area contributed by atoms with E-state index in [1.54, 1.807) is 30.5 Å². The number of nitrogens with one attached hydrogen (secondary N) is 2. The quantitative estimate of drug-likeness (QED) is 0.532. The second-order valence-corrected chi connectivity index (χ2v) is 8.84. The molecule has 1 fully saturated rings. The molecule has 3 rings (SSSR count). The molecule has 5 nitrogen and oxygen atoms in total. The zero-order valence-corrected chi connectivity index (χ0v) is 18.3. The predicted molar refractivity (Wildman–Crippen MR) is 115 cm³/mol. The molecular formula is C21H28F3N5S. The van der Waals surface area contributed by atoms with Crippen molar-refractivity contribution < 1.29 is 13.2 Å². The van der Waals surface area contributed by atoms with Gasteiger partial charge in [-0.05, 0) is 38.0 Å². The Morgan fingerprint density at radius 2 is 2.00 bits per heavy atom. The van der Waals surface area contributed by atoms with E-state index in [9.17, 15) is 13.2 Å². The highest BCUT2D eigenvalue weighted by Gasteiger charge is 2.30. The standard InChI is InChI=1S/C21H28F3N5S/c1-14-19(30-15(2)27-14)8-10-26-20(25-3)28-18-9-11-29(13-18)12-16-4-6-17(7-5-16)21(22,23)24/h4-7,18H,8-13H2,1-3H3,(H2,25,26,28). The van der Waals surface area contributed by atoms with E-state index in [2.05, 4.69) is 25.5 Å². The van der Waals surface area contributed by atoms with Crippen molar-refractivity contribution in [3.05, 3.63) is 51.0 Å². The Morgan fingerprint density at radius 3 is 2.60 bits per heavy atom. The number of aryl methyl sites for hydroxylation is 2. The van der Waals surface area contributed by atoms with Crippen molar-refractivity contribution in [3.63, 3.8) is 0 Å². The number of hydrogen-bond acceptors (Lipinski definition) is 4. The fourth-order valence-corrected chi connectivity index (χ4v) is 4.58. The molecule has 1 aliphatic heterocycles. The minimum absolute atomic E-state index is 0.262. The Kier molecular flexibility index (Phi) is 7.36. The van der Waals surface area contributed by atoms with Gasteiger partial charge in [-0.3, -0.25) is 9.89 Å². The molecule has 2 N–H and O–H groups in total. The van der Waals surface area contributed by atoms with E-state index < -0.39 is 11.7 Å². The summed E-state index contributed by atoms with van der Waals surface area (Å²) in [7, 11) is 1.76. The normalized spacial score (nSPS) is 18.1. The van der Waals surface area contributed by atoms with Crippen LogP contribution in [0.25, 0.3) is 0 Å². The summed E-state index contributed by atoms with van der Waals surface area (Å²) in [6, 6.07) is 5.69. The maximum atomic E-state index is 12.7. The van der Waals surface area contributed by atoms with Gasteiger partial charge in [0, 0.05) is 50.6 Å². The molecule has 1 saturated heterocycles. The lowest BCUT2D eigenvalue weighted by Gasteiger charge is -2.19. The van der Waals surface area contributed by atoms with Crippen LogP contribution in [0.3, 0.4) is 0 Å². The molecule has 0 saturated carbocycles. The van der Waals surface area contributed by atoms with Gasteiger partial charge in [0.1, 0.15) is 0 Å². The smallest absolute Gasteiger partial charge is 0.356 e. The molecule has 9 heteroatoms. The Balaban J connectivity index is 1.43. The molecule has 1 aliphatic rings. The van der Waals surface area contributed by atoms with E-state index in [1.165, 1.54) is 4.88 Å². The lowest BCUT2D eigenvalue weighted by Crippen LogP contribution is -2.45. The van der Waals surface area contributed by atoms with Crippen LogP contribution in [0.15, 0.2) is 29.3 Å². The number of rotatable bonds is 6. The first-order valence-corrected chi connectivity index (χ1v) is 10.8. The highest BCUT2D eigenvalue weighted by atomic mass is 32.1. The van der Waals surface area contributed by atoms with Crippen LogP contribution >= 0.6 is 11.3 Å². The zero-order valence-electron chi connectivity index (χ0n) is 17.5. The topological polar surface area (TPSA) is 52.6 Å². The predicted octanol–water partition coefficient (Wildman–Crippen LogP) is 3.76. The third-order valence-corrected chi connectivity index (χ3v) is 6.30. The number of aromatic nitrogens is 1. The lowest BCUT2D eigenvalue weighted by atomic mass is 10.1. The molecule has 0 aliphatic carbocycles. The summed E-state index contributed by atoms with van der Waals surface area (Å²) in [6.07, 6.45) is -2.42. The van der Waals surface area contributed by atoms with Crippen LogP contribution in [0.4, 0.5) is 13.2 Å². The molecule has 0 bridgehead atoms. The number of nitrogens with zero attached hydrogens (tertiary/aromatic N) is 3. The van der Waals surface area contributed by atoms with Gasteiger partial charge in [0.2, 0.25) is 0 Å². The van der Waals surface area contributed by atoms with Gasteiger partial charge in [-0.25, -0.2) is 4.98 Å². The maximum Gasteiger partial charge on any atom is 0.416 e. The Hall–Kier alpha value is -2.13. The Bertz CT molecular complexity index is 861. The van der Waals surface area contributed by atoms with Crippen molar-refractivity contribution in [2.45, 2.75) is 45.5 Å². The minimum Gasteiger partial charge on any atom is -0.356 e. The van der Waals surface area contributed by atoms with E-state index >= 15 is 0 Å². The van der Waals surface area contributed by atoms with Crippen LogP contribution < -0.4 is 10.6 Å². The van der Waals surface area contributed by atoms with Gasteiger partial charge >= 0.3 is 6.18 Å². The van der Waals surface area contributed by atoms with Gasteiger partial charge in [0.15, 0.2) is 5.96 Å². The second kappa shape index (κ2) is 9.78. The van der Waals surface area contributed by atoms with Crippen LogP contribution in [0.1, 0.15) is 33.1 Å². The molecule has 164 valence electrons. The summed E-state index contributed by atoms with van der Waals surface area (Å²) in [5, 5.41) is 7.90. The maximum absolute atomic E-state index is 12.7. The number of alkyl halides is 3. The monoisotopic (exact) mass is 439 g/mol. The first kappa shape index (κ1) is 22.6. The van der Waals surface area contributed by atoms with Crippen LogP contribution in [0.2, 0.25) is 0 Å². The molecule has 30 heavy (non-hydrogen) atoms. The summed E-state index contributed by atoms with van der Waals surface area (Å²) >= 11 is 1.73. The summed E-state index contributed by atoms with van der Waals surface area (Å²) < 4.78 is 38.1. The van der Waals surface area contributed by atoms with Crippen molar-refractivity contribution in [2.75, 3.05) is 26.7 Å². The van der Waals surface area contributed by atoms with Crippen LogP contribution in [0.5, 0.6) is 0 Å². The number of thiazole rings is 1.